The molecule has 1 aliphatic rings. The van der Waals surface area contributed by atoms with E-state index in [2.05, 4.69) is 17.0 Å². The number of hydrogen-bond acceptors (Lipinski definition) is 3. The zero-order valence-corrected chi connectivity index (χ0v) is 16.5. The first-order chi connectivity index (χ1) is 14.4. The van der Waals surface area contributed by atoms with Gasteiger partial charge in [-0.3, -0.25) is 9.69 Å². The third kappa shape index (κ3) is 4.32. The summed E-state index contributed by atoms with van der Waals surface area (Å²) in [4.78, 5) is 15.0. The molecule has 0 amide bonds. The van der Waals surface area contributed by atoms with Crippen LogP contribution in [-0.4, -0.2) is 28.9 Å². The first-order valence-corrected chi connectivity index (χ1v) is 10.0. The average Bonchev–Trinajstić information content (AvgIpc) is 2.76. The lowest BCUT2D eigenvalue weighted by Gasteiger charge is -2.38. The second-order valence-electron chi connectivity index (χ2n) is 7.82. The number of hydrogen-bond donors (Lipinski definition) is 1. The molecule has 5 heteroatoms. The summed E-state index contributed by atoms with van der Waals surface area (Å²) in [7, 11) is 0. The van der Waals surface area contributed by atoms with Crippen LogP contribution in [0.15, 0.2) is 72.8 Å². The molecular formula is C25H23F2NO2. The molecule has 0 spiro atoms. The Balaban J connectivity index is 1.51. The van der Waals surface area contributed by atoms with Gasteiger partial charge >= 0.3 is 0 Å². The largest absolute Gasteiger partial charge is 0.385 e. The van der Waals surface area contributed by atoms with E-state index in [1.165, 1.54) is 42.0 Å². The number of piperidine rings is 1. The van der Waals surface area contributed by atoms with Crippen LogP contribution >= 0.6 is 0 Å². The monoisotopic (exact) mass is 407 g/mol. The van der Waals surface area contributed by atoms with Crippen LogP contribution < -0.4 is 0 Å². The van der Waals surface area contributed by atoms with E-state index in [0.29, 0.717) is 31.5 Å². The molecule has 0 radical (unpaired) electrons. The van der Waals surface area contributed by atoms with Crippen LogP contribution in [0.25, 0.3) is 0 Å². The van der Waals surface area contributed by atoms with Gasteiger partial charge in [-0.05, 0) is 60.4 Å². The van der Waals surface area contributed by atoms with Crippen LogP contribution in [0.2, 0.25) is 0 Å². The Bertz CT molecular complexity index is 1030. The van der Waals surface area contributed by atoms with Crippen molar-refractivity contribution in [3.05, 3.63) is 107 Å². The molecule has 0 aromatic heterocycles. The van der Waals surface area contributed by atoms with Crippen LogP contribution in [0.4, 0.5) is 8.78 Å². The Morgan fingerprint density at radius 3 is 2.27 bits per heavy atom. The molecule has 3 aromatic carbocycles. The second-order valence-corrected chi connectivity index (χ2v) is 7.82. The van der Waals surface area contributed by atoms with Gasteiger partial charge in [0.15, 0.2) is 5.78 Å². The molecule has 1 N–H and O–H groups in total. The van der Waals surface area contributed by atoms with Crippen molar-refractivity contribution in [2.75, 3.05) is 13.1 Å². The van der Waals surface area contributed by atoms with Gasteiger partial charge in [-0.15, -0.1) is 0 Å². The summed E-state index contributed by atoms with van der Waals surface area (Å²) in [5, 5.41) is 11.2. The lowest BCUT2D eigenvalue weighted by atomic mass is 9.83. The van der Waals surface area contributed by atoms with Crippen LogP contribution in [0.1, 0.15) is 39.9 Å². The molecule has 1 heterocycles. The highest BCUT2D eigenvalue weighted by Crippen LogP contribution is 2.34. The highest BCUT2D eigenvalue weighted by molar-refractivity contribution is 6.09. The topological polar surface area (TPSA) is 40.5 Å². The van der Waals surface area contributed by atoms with E-state index in [9.17, 15) is 18.7 Å². The van der Waals surface area contributed by atoms with E-state index in [1.807, 2.05) is 18.2 Å². The van der Waals surface area contributed by atoms with Gasteiger partial charge < -0.3 is 5.11 Å². The number of carbonyl (C=O) groups is 1. The maximum absolute atomic E-state index is 14.4. The molecule has 0 unspecified atom stereocenters. The van der Waals surface area contributed by atoms with Gasteiger partial charge in [0.1, 0.15) is 11.6 Å². The van der Waals surface area contributed by atoms with Crippen molar-refractivity contribution in [2.45, 2.75) is 25.0 Å². The Hall–Kier alpha value is -2.89. The maximum atomic E-state index is 14.4. The van der Waals surface area contributed by atoms with Gasteiger partial charge in [0.05, 0.1) is 11.2 Å². The summed E-state index contributed by atoms with van der Waals surface area (Å²) < 4.78 is 27.5. The van der Waals surface area contributed by atoms with Crippen LogP contribution in [0, 0.1) is 11.6 Å². The molecule has 1 aliphatic heterocycles. The van der Waals surface area contributed by atoms with Gasteiger partial charge in [0, 0.05) is 25.2 Å². The number of ketones is 1. The van der Waals surface area contributed by atoms with Crippen molar-refractivity contribution < 1.29 is 18.7 Å². The highest BCUT2D eigenvalue weighted by Gasteiger charge is 2.35. The predicted molar refractivity (Wildman–Crippen MR) is 111 cm³/mol. The van der Waals surface area contributed by atoms with Crippen molar-refractivity contribution in [3.63, 3.8) is 0 Å². The smallest absolute Gasteiger partial charge is 0.195 e. The molecule has 0 atom stereocenters. The number of halogens is 2. The summed E-state index contributed by atoms with van der Waals surface area (Å²) in [6, 6.07) is 19.4. The van der Waals surface area contributed by atoms with Crippen LogP contribution in [0.3, 0.4) is 0 Å². The zero-order chi connectivity index (χ0) is 21.1. The fraction of sp³-hybridized carbons (Fsp3) is 0.240. The van der Waals surface area contributed by atoms with Crippen LogP contribution in [-0.2, 0) is 12.1 Å². The minimum Gasteiger partial charge on any atom is -0.385 e. The first kappa shape index (κ1) is 20.4. The normalized spacial score (nSPS) is 16.4. The third-order valence-electron chi connectivity index (χ3n) is 5.79. The van der Waals surface area contributed by atoms with E-state index < -0.39 is 23.0 Å². The Morgan fingerprint density at radius 1 is 0.933 bits per heavy atom. The molecule has 3 aromatic rings. The molecule has 0 saturated carbocycles. The second kappa shape index (κ2) is 8.46. The lowest BCUT2D eigenvalue weighted by molar-refractivity contribution is -0.0278. The summed E-state index contributed by atoms with van der Waals surface area (Å²) in [5.74, 6) is -1.64. The Kier molecular flexibility index (Phi) is 5.75. The molecule has 0 aliphatic carbocycles. The van der Waals surface area contributed by atoms with E-state index in [1.54, 1.807) is 6.07 Å². The molecular weight excluding hydrogens is 384 g/mol. The van der Waals surface area contributed by atoms with Gasteiger partial charge in [0.25, 0.3) is 0 Å². The van der Waals surface area contributed by atoms with Crippen molar-refractivity contribution >= 4 is 5.78 Å². The van der Waals surface area contributed by atoms with E-state index in [-0.39, 0.29) is 11.1 Å². The molecule has 30 heavy (non-hydrogen) atoms. The molecule has 4 rings (SSSR count). The van der Waals surface area contributed by atoms with Crippen LogP contribution in [0.5, 0.6) is 0 Å². The van der Waals surface area contributed by atoms with Gasteiger partial charge in [0.2, 0.25) is 0 Å². The van der Waals surface area contributed by atoms with E-state index in [0.717, 1.165) is 6.54 Å². The fourth-order valence-electron chi connectivity index (χ4n) is 3.96. The summed E-state index contributed by atoms with van der Waals surface area (Å²) in [5.41, 5.74) is 0.737. The maximum Gasteiger partial charge on any atom is 0.195 e. The van der Waals surface area contributed by atoms with Crippen molar-refractivity contribution in [1.82, 2.24) is 4.90 Å². The zero-order valence-electron chi connectivity index (χ0n) is 16.5. The summed E-state index contributed by atoms with van der Waals surface area (Å²) in [6.07, 6.45) is 0.991. The number of carbonyl (C=O) groups excluding carboxylic acids is 1. The minimum atomic E-state index is -1.11. The minimum absolute atomic E-state index is 0.112. The SMILES string of the molecule is O=C(c1ccc(F)cc1)c1cc(C2(O)CCN(Cc3ccccc3)CC2)ccc1F. The van der Waals surface area contributed by atoms with Crippen molar-refractivity contribution in [3.8, 4) is 0 Å². The molecule has 3 nitrogen and oxygen atoms in total. The predicted octanol–water partition coefficient (Wildman–Crippen LogP) is 4.68. The Morgan fingerprint density at radius 2 is 1.60 bits per heavy atom. The lowest BCUT2D eigenvalue weighted by Crippen LogP contribution is -2.42. The number of likely N-dealkylation sites (tertiary alicyclic amines) is 1. The first-order valence-electron chi connectivity index (χ1n) is 10.0. The number of rotatable bonds is 5. The number of nitrogens with zero attached hydrogens (tertiary/aromatic N) is 1. The van der Waals surface area contributed by atoms with Crippen molar-refractivity contribution in [2.24, 2.45) is 0 Å². The Labute approximate surface area is 174 Å². The van der Waals surface area contributed by atoms with Crippen molar-refractivity contribution in [1.29, 1.82) is 0 Å². The number of aliphatic hydroxyl groups is 1. The van der Waals surface area contributed by atoms with Gasteiger partial charge in [-0.25, -0.2) is 8.78 Å². The molecule has 0 bridgehead atoms. The third-order valence-corrected chi connectivity index (χ3v) is 5.79. The average molecular weight is 407 g/mol. The number of benzene rings is 3. The summed E-state index contributed by atoms with van der Waals surface area (Å²) in [6.45, 7) is 2.21. The fourth-order valence-corrected chi connectivity index (χ4v) is 3.96. The van der Waals surface area contributed by atoms with E-state index in [4.69, 9.17) is 0 Å². The molecule has 1 saturated heterocycles. The standard InChI is InChI=1S/C25H23F2NO2/c26-21-9-6-19(7-10-21)24(29)22-16-20(8-11-23(22)27)25(30)12-14-28(15-13-25)17-18-4-2-1-3-5-18/h1-11,16,30H,12-15,17H2. The quantitative estimate of drug-likeness (QED) is 0.625. The molecule has 154 valence electrons. The van der Waals surface area contributed by atoms with Gasteiger partial charge in [-0.2, -0.15) is 0 Å². The van der Waals surface area contributed by atoms with Gasteiger partial charge in [-0.1, -0.05) is 36.4 Å². The van der Waals surface area contributed by atoms with E-state index >= 15 is 0 Å². The summed E-state index contributed by atoms with van der Waals surface area (Å²) >= 11 is 0. The highest BCUT2D eigenvalue weighted by atomic mass is 19.1. The molecule has 1 fully saturated rings.